The van der Waals surface area contributed by atoms with Gasteiger partial charge in [0.25, 0.3) is 0 Å². The number of halogens is 3. The molecule has 0 bridgehead atoms. The fourth-order valence-corrected chi connectivity index (χ4v) is 6.29. The van der Waals surface area contributed by atoms with Crippen molar-refractivity contribution in [3.8, 4) is 17.0 Å². The summed E-state index contributed by atoms with van der Waals surface area (Å²) in [7, 11) is 4.08. The van der Waals surface area contributed by atoms with Crippen molar-refractivity contribution in [3.05, 3.63) is 64.3 Å². The smallest absolute Gasteiger partial charge is 0.166 e. The zero-order valence-electron chi connectivity index (χ0n) is 23.6. The Morgan fingerprint density at radius 2 is 1.88 bits per heavy atom. The molecule has 0 N–H and O–H groups in total. The summed E-state index contributed by atoms with van der Waals surface area (Å²) in [5.74, 6) is 0.590. The van der Waals surface area contributed by atoms with E-state index in [4.69, 9.17) is 37.8 Å². The van der Waals surface area contributed by atoms with Gasteiger partial charge >= 0.3 is 0 Å². The summed E-state index contributed by atoms with van der Waals surface area (Å²) in [6.07, 6.45) is 7.11. The third kappa shape index (κ3) is 5.25. The minimum Gasteiger partial charge on any atom is -0.486 e. The van der Waals surface area contributed by atoms with Gasteiger partial charge in [0.05, 0.1) is 21.1 Å². The van der Waals surface area contributed by atoms with Gasteiger partial charge in [0.15, 0.2) is 17.9 Å². The van der Waals surface area contributed by atoms with Gasteiger partial charge in [-0.2, -0.15) is 5.10 Å². The van der Waals surface area contributed by atoms with Crippen LogP contribution in [0.3, 0.4) is 0 Å². The van der Waals surface area contributed by atoms with Crippen molar-refractivity contribution < 1.29 is 13.9 Å². The van der Waals surface area contributed by atoms with Gasteiger partial charge in [-0.15, -0.1) is 0 Å². The van der Waals surface area contributed by atoms with E-state index in [1.54, 1.807) is 18.6 Å². The molecule has 0 spiro atoms. The van der Waals surface area contributed by atoms with Gasteiger partial charge in [0, 0.05) is 54.8 Å². The molecule has 0 saturated carbocycles. The van der Waals surface area contributed by atoms with E-state index in [2.05, 4.69) is 21.8 Å². The van der Waals surface area contributed by atoms with Crippen LogP contribution >= 0.6 is 23.2 Å². The second kappa shape index (κ2) is 11.0. The van der Waals surface area contributed by atoms with E-state index in [9.17, 15) is 0 Å². The molecular weight excluding hydrogens is 566 g/mol. The summed E-state index contributed by atoms with van der Waals surface area (Å²) < 4.78 is 29.8. The molecule has 41 heavy (non-hydrogen) atoms. The molecule has 5 heterocycles. The van der Waals surface area contributed by atoms with Crippen molar-refractivity contribution in [2.45, 2.75) is 51.0 Å². The van der Waals surface area contributed by atoms with E-state index in [1.165, 1.54) is 6.07 Å². The molecule has 1 aromatic carbocycles. The van der Waals surface area contributed by atoms with Crippen LogP contribution in [0.15, 0.2) is 42.9 Å². The van der Waals surface area contributed by atoms with Crippen LogP contribution in [-0.4, -0.2) is 64.0 Å². The predicted molar refractivity (Wildman–Crippen MR) is 159 cm³/mol. The second-order valence-electron chi connectivity index (χ2n) is 11.3. The minimum atomic E-state index is -0.432. The highest BCUT2D eigenvalue weighted by atomic mass is 35.5. The molecule has 6 rings (SSSR count). The van der Waals surface area contributed by atoms with Gasteiger partial charge < -0.3 is 19.3 Å². The van der Waals surface area contributed by atoms with E-state index < -0.39 is 6.10 Å². The van der Waals surface area contributed by atoms with Crippen molar-refractivity contribution in [2.75, 3.05) is 38.7 Å². The summed E-state index contributed by atoms with van der Waals surface area (Å²) in [5.41, 5.74) is 2.74. The summed E-state index contributed by atoms with van der Waals surface area (Å²) in [4.78, 5) is 12.7. The third-order valence-electron chi connectivity index (χ3n) is 8.25. The number of ether oxygens (including phenoxy) is 2. The number of nitrogens with zero attached hydrogens (tertiary/aromatic N) is 6. The highest BCUT2D eigenvalue weighted by Crippen LogP contribution is 2.38. The molecule has 8 nitrogen and oxygen atoms in total. The number of aromatic nitrogens is 4. The highest BCUT2D eigenvalue weighted by Gasteiger charge is 2.42. The molecule has 2 aliphatic heterocycles. The molecule has 1 unspecified atom stereocenters. The number of anilines is 1. The van der Waals surface area contributed by atoms with E-state index in [-0.39, 0.29) is 17.6 Å². The fraction of sp³-hybridized carbons (Fsp3) is 0.433. The zero-order chi connectivity index (χ0) is 28.9. The average Bonchev–Trinajstić information content (AvgIpc) is 3.30. The Kier molecular flexibility index (Phi) is 7.57. The number of likely N-dealkylation sites (N-methyl/N-ethyl adjacent to an activating group) is 1. The van der Waals surface area contributed by atoms with Gasteiger partial charge in [-0.1, -0.05) is 23.2 Å². The Bertz CT molecular complexity index is 1560. The first-order chi connectivity index (χ1) is 19.6. The standard InChI is InChI=1S/C30H33Cl2FN6O2/c1-18(27-22(31)14-34-15-23(27)32)41-20-8-9-25-21(12-20)28(36-39(25)26-7-5-6-10-40-26)19-11-24(33)29(35-13-19)38-16-30(2,17-38)37(3)4/h8-9,11-15,18,26H,5-7,10,16-17H2,1-4H3/t18-,26?/m1/s1. The van der Waals surface area contributed by atoms with Crippen LogP contribution in [-0.2, 0) is 4.74 Å². The van der Waals surface area contributed by atoms with Crippen molar-refractivity contribution in [2.24, 2.45) is 0 Å². The molecular formula is C30H33Cl2FN6O2. The van der Waals surface area contributed by atoms with Gasteiger partial charge in [-0.25, -0.2) is 14.1 Å². The highest BCUT2D eigenvalue weighted by molar-refractivity contribution is 6.35. The maximum atomic E-state index is 15.5. The Morgan fingerprint density at radius 1 is 1.12 bits per heavy atom. The SMILES string of the molecule is C[C@@H](Oc1ccc2c(c1)c(-c1cnc(N3CC(C)(N(C)C)C3)c(F)c1)nn2C1CCCCO1)c1c(Cl)cncc1Cl. The van der Waals surface area contributed by atoms with Crippen molar-refractivity contribution >= 4 is 39.9 Å². The molecule has 3 aromatic heterocycles. The number of pyridine rings is 2. The summed E-state index contributed by atoms with van der Waals surface area (Å²) in [5, 5.41) is 6.63. The molecule has 0 radical (unpaired) electrons. The lowest BCUT2D eigenvalue weighted by atomic mass is 9.91. The summed E-state index contributed by atoms with van der Waals surface area (Å²) in [6, 6.07) is 7.29. The molecule has 2 saturated heterocycles. The van der Waals surface area contributed by atoms with E-state index in [1.807, 2.05) is 48.8 Å². The predicted octanol–water partition coefficient (Wildman–Crippen LogP) is 6.92. The first kappa shape index (κ1) is 28.2. The van der Waals surface area contributed by atoms with Crippen LogP contribution in [0.2, 0.25) is 10.0 Å². The Labute approximate surface area is 249 Å². The lowest BCUT2D eigenvalue weighted by Gasteiger charge is -2.52. The molecule has 2 aliphatic rings. The number of hydrogen-bond donors (Lipinski definition) is 0. The Balaban J connectivity index is 1.36. The van der Waals surface area contributed by atoms with Crippen molar-refractivity contribution in [1.29, 1.82) is 0 Å². The zero-order valence-corrected chi connectivity index (χ0v) is 25.1. The lowest BCUT2D eigenvalue weighted by molar-refractivity contribution is -0.0365. The minimum absolute atomic E-state index is 0.0000201. The van der Waals surface area contributed by atoms with Gasteiger partial charge in [0.2, 0.25) is 0 Å². The maximum absolute atomic E-state index is 15.5. The largest absolute Gasteiger partial charge is 0.486 e. The third-order valence-corrected chi connectivity index (χ3v) is 8.86. The molecule has 216 valence electrons. The van der Waals surface area contributed by atoms with Crippen LogP contribution in [0, 0.1) is 5.82 Å². The molecule has 4 aromatic rings. The first-order valence-electron chi connectivity index (χ1n) is 13.8. The van der Waals surface area contributed by atoms with Crippen LogP contribution in [0.1, 0.15) is 51.0 Å². The van der Waals surface area contributed by atoms with Crippen LogP contribution < -0.4 is 9.64 Å². The number of benzene rings is 1. The van der Waals surface area contributed by atoms with Gasteiger partial charge in [-0.05, 0) is 71.5 Å². The van der Waals surface area contributed by atoms with Gasteiger partial charge in [0.1, 0.15) is 17.5 Å². The van der Waals surface area contributed by atoms with Crippen LogP contribution in [0.5, 0.6) is 5.75 Å². The number of hydrogen-bond acceptors (Lipinski definition) is 7. The monoisotopic (exact) mass is 598 g/mol. The van der Waals surface area contributed by atoms with Crippen molar-refractivity contribution in [1.82, 2.24) is 24.6 Å². The molecule has 11 heteroatoms. The van der Waals surface area contributed by atoms with E-state index >= 15 is 4.39 Å². The number of fused-ring (bicyclic) bond motifs is 1. The van der Waals surface area contributed by atoms with Crippen molar-refractivity contribution in [3.63, 3.8) is 0 Å². The van der Waals surface area contributed by atoms with Crippen LogP contribution in [0.25, 0.3) is 22.2 Å². The lowest BCUT2D eigenvalue weighted by Crippen LogP contribution is -2.67. The Hall–Kier alpha value is -2.98. The van der Waals surface area contributed by atoms with E-state index in [0.29, 0.717) is 58.1 Å². The molecule has 2 fully saturated rings. The van der Waals surface area contributed by atoms with E-state index in [0.717, 1.165) is 30.2 Å². The Morgan fingerprint density at radius 3 is 2.54 bits per heavy atom. The maximum Gasteiger partial charge on any atom is 0.166 e. The molecule has 0 aliphatic carbocycles. The molecule has 0 amide bonds. The quantitative estimate of drug-likeness (QED) is 0.229. The second-order valence-corrected chi connectivity index (χ2v) is 12.2. The van der Waals surface area contributed by atoms with Gasteiger partial charge in [-0.3, -0.25) is 4.98 Å². The first-order valence-corrected chi connectivity index (χ1v) is 14.6. The molecule has 2 atom stereocenters. The summed E-state index contributed by atoms with van der Waals surface area (Å²) >= 11 is 12.7. The van der Waals surface area contributed by atoms with Crippen LogP contribution in [0.4, 0.5) is 10.2 Å². The average molecular weight is 600 g/mol. The summed E-state index contributed by atoms with van der Waals surface area (Å²) in [6.45, 7) is 6.15. The topological polar surface area (TPSA) is 68.5 Å². The number of rotatable bonds is 7. The normalized spacial score (nSPS) is 19.4. The fourth-order valence-electron chi connectivity index (χ4n) is 5.62.